The van der Waals surface area contributed by atoms with Crippen molar-refractivity contribution in [2.45, 2.75) is 178 Å². The quantitative estimate of drug-likeness (QED) is 0.0248. The second-order valence-electron chi connectivity index (χ2n) is 24.4. The van der Waals surface area contributed by atoms with E-state index >= 15 is 0 Å². The number of aryl methyl sites for hydroxylation is 4. The van der Waals surface area contributed by atoms with E-state index in [1.807, 2.05) is 0 Å². The Morgan fingerprint density at radius 1 is 0.574 bits per heavy atom. The van der Waals surface area contributed by atoms with Gasteiger partial charge in [0.1, 0.15) is 24.7 Å². The number of nitrogens with zero attached hydrogens (tertiary/aromatic N) is 5. The zero-order chi connectivity index (χ0) is 70.7. The SMILES string of the molecule is C=CCc1cn(C)c(=O)[nH]c1=O.C=CCc1cn(C2C[C@H](O)[C@@H](CO)O2)c(=O)[nH]c1=O.CC1C[C@@H]2O[Si](C(C)C)(C(C)C)O[Si](C(C)C)(C(C)C)OC[C@H]2O1.Cn1cc(CC(O)CO)c(=O)[nH]c1=O.Cn1cc(CC2CO2)c(=O)[nH]c1=O.Cn1cc(CC=O)c(=O)[nH]c1=O. The fourth-order valence-corrected chi connectivity index (χ4v) is 21.7. The van der Waals surface area contributed by atoms with Crippen molar-refractivity contribution in [3.05, 3.63) is 188 Å². The maximum atomic E-state index is 11.7. The molecule has 4 unspecified atom stereocenters. The van der Waals surface area contributed by atoms with Gasteiger partial charge in [0.25, 0.3) is 27.8 Å². The van der Waals surface area contributed by atoms with Gasteiger partial charge in [0.05, 0.1) is 56.9 Å². The predicted octanol–water partition coefficient (Wildman–Crippen LogP) is -0.373. The van der Waals surface area contributed by atoms with Crippen molar-refractivity contribution in [3.63, 3.8) is 0 Å². The normalized spacial score (nSPS) is 21.0. The highest BCUT2D eigenvalue weighted by atomic mass is 28.5. The summed E-state index contributed by atoms with van der Waals surface area (Å²) in [6.45, 7) is 27.8. The fourth-order valence-electron chi connectivity index (χ4n) is 10.5. The number of aldehydes is 1. The van der Waals surface area contributed by atoms with Gasteiger partial charge in [-0.05, 0) is 41.9 Å². The molecule has 5 aromatic heterocycles. The Balaban J connectivity index is 0.000000245. The van der Waals surface area contributed by atoms with Gasteiger partial charge in [-0.1, -0.05) is 67.5 Å². The van der Waals surface area contributed by atoms with Crippen molar-refractivity contribution in [2.75, 3.05) is 26.4 Å². The van der Waals surface area contributed by atoms with E-state index in [0.29, 0.717) is 83.2 Å². The summed E-state index contributed by atoms with van der Waals surface area (Å²) in [6, 6.07) is 0. The Morgan fingerprint density at radius 2 is 0.989 bits per heavy atom. The van der Waals surface area contributed by atoms with Crippen LogP contribution in [0, 0.1) is 0 Å². The molecule has 0 bridgehead atoms. The number of epoxide rings is 1. The van der Waals surface area contributed by atoms with E-state index in [1.165, 1.54) is 61.7 Å². The molecule has 0 radical (unpaired) electrons. The molecule has 8 atom stereocenters. The van der Waals surface area contributed by atoms with E-state index in [0.717, 1.165) is 6.42 Å². The van der Waals surface area contributed by atoms with Crippen LogP contribution in [0.15, 0.2) is 104 Å². The molecule has 9 rings (SSSR count). The van der Waals surface area contributed by atoms with E-state index in [1.54, 1.807) is 32.4 Å². The Kier molecular flexibility index (Phi) is 30.2. The first kappa shape index (κ1) is 79.0. The molecule has 0 amide bonds. The lowest BCUT2D eigenvalue weighted by molar-refractivity contribution is -0.107. The largest absolute Gasteiger partial charge is 0.414 e. The third-order valence-electron chi connectivity index (χ3n) is 15.7. The molecular weight excluding hydrogens is 1260 g/mol. The Hall–Kier alpha value is -7.42. The molecule has 9 N–H and O–H groups in total. The highest BCUT2D eigenvalue weighted by molar-refractivity contribution is 6.84. The number of rotatable bonds is 17. The van der Waals surface area contributed by atoms with Crippen LogP contribution in [-0.4, -0.2) is 161 Å². The fraction of sp³-hybridized carbons (Fsp3) is 0.590. The molecule has 31 nitrogen and oxygen atoms in total. The lowest BCUT2D eigenvalue weighted by Crippen LogP contribution is -2.65. The zero-order valence-electron chi connectivity index (χ0n) is 55.7. The lowest BCUT2D eigenvalue weighted by atomic mass is 10.1. The number of carbonyl (C=O) groups is 1. The first-order chi connectivity index (χ1) is 44.1. The first-order valence-corrected chi connectivity index (χ1v) is 34.7. The summed E-state index contributed by atoms with van der Waals surface area (Å²) < 4.78 is 43.6. The maximum Gasteiger partial charge on any atom is 0.335 e. The third kappa shape index (κ3) is 21.6. The van der Waals surface area contributed by atoms with Crippen molar-refractivity contribution in [1.29, 1.82) is 0 Å². The van der Waals surface area contributed by atoms with E-state index in [2.05, 4.69) is 100 Å². The van der Waals surface area contributed by atoms with Crippen molar-refractivity contribution >= 4 is 23.4 Å². The van der Waals surface area contributed by atoms with E-state index in [9.17, 15) is 57.8 Å². The van der Waals surface area contributed by atoms with Gasteiger partial charge >= 0.3 is 45.6 Å². The number of aromatic nitrogens is 10. The molecule has 4 fully saturated rings. The average molecular weight is 1360 g/mol. The van der Waals surface area contributed by atoms with Gasteiger partial charge in [0.2, 0.25) is 0 Å². The molecule has 9 heterocycles. The number of hydrogen-bond donors (Lipinski definition) is 9. The lowest BCUT2D eigenvalue weighted by Gasteiger charge is -2.51. The second-order valence-corrected chi connectivity index (χ2v) is 33.3. The van der Waals surface area contributed by atoms with Crippen LogP contribution in [0.5, 0.6) is 0 Å². The number of aromatic amines is 5. The van der Waals surface area contributed by atoms with Gasteiger partial charge in [-0.25, -0.2) is 24.0 Å². The van der Waals surface area contributed by atoms with Crippen LogP contribution in [0.1, 0.15) is 109 Å². The van der Waals surface area contributed by atoms with Crippen LogP contribution in [0.2, 0.25) is 22.2 Å². The van der Waals surface area contributed by atoms with Crippen molar-refractivity contribution < 1.29 is 52.4 Å². The smallest absolute Gasteiger partial charge is 0.335 e. The number of aliphatic hydroxyl groups excluding tert-OH is 4. The summed E-state index contributed by atoms with van der Waals surface area (Å²) in [7, 11) is 1.35. The molecular formula is C61H94N10O21Si2. The molecule has 0 spiro atoms. The molecule has 0 aliphatic carbocycles. The van der Waals surface area contributed by atoms with Crippen LogP contribution in [0.25, 0.3) is 0 Å². The third-order valence-corrected chi connectivity index (χ3v) is 26.0. The topological polar surface area (TPSA) is 431 Å². The monoisotopic (exact) mass is 1360 g/mol. The number of H-pyrrole nitrogens is 5. The number of nitrogens with one attached hydrogen (secondary N) is 5. The number of ether oxygens (including phenoxy) is 3. The molecule has 94 heavy (non-hydrogen) atoms. The average Bonchev–Trinajstić information content (AvgIpc) is 1.14. The van der Waals surface area contributed by atoms with Crippen LogP contribution in [-0.2, 0) is 92.3 Å². The molecule has 4 aliphatic rings. The summed E-state index contributed by atoms with van der Waals surface area (Å²) in [6.07, 6.45) is 10.9. The van der Waals surface area contributed by atoms with Gasteiger partial charge in [-0.15, -0.1) is 13.2 Å². The Bertz CT molecular complexity index is 3870. The molecule has 522 valence electrons. The number of carbonyl (C=O) groups excluding carboxylic acids is 1. The van der Waals surface area contributed by atoms with Gasteiger partial charge < -0.3 is 70.7 Å². The minimum atomic E-state index is -2.44. The second kappa shape index (κ2) is 35.9. The summed E-state index contributed by atoms with van der Waals surface area (Å²) >= 11 is 0. The minimum Gasteiger partial charge on any atom is -0.414 e. The summed E-state index contributed by atoms with van der Waals surface area (Å²) in [4.78, 5) is 132. The van der Waals surface area contributed by atoms with E-state index < -0.39 is 87.7 Å². The Morgan fingerprint density at radius 3 is 1.40 bits per heavy atom. The van der Waals surface area contributed by atoms with Crippen molar-refractivity contribution in [1.82, 2.24) is 47.8 Å². The van der Waals surface area contributed by atoms with Crippen LogP contribution >= 0.6 is 0 Å². The molecule has 0 saturated carbocycles. The molecule has 33 heteroatoms. The molecule has 4 saturated heterocycles. The summed E-state index contributed by atoms with van der Waals surface area (Å²) in [5.74, 6) is 0. The molecule has 0 aromatic carbocycles. The predicted molar refractivity (Wildman–Crippen MR) is 353 cm³/mol. The maximum absolute atomic E-state index is 11.7. The van der Waals surface area contributed by atoms with Crippen LogP contribution in [0.4, 0.5) is 0 Å². The highest BCUT2D eigenvalue weighted by Crippen LogP contribution is 2.47. The molecule has 4 aliphatic heterocycles. The molecule has 5 aromatic rings. The highest BCUT2D eigenvalue weighted by Gasteiger charge is 2.60. The van der Waals surface area contributed by atoms with Gasteiger partial charge in [-0.2, -0.15) is 0 Å². The zero-order valence-corrected chi connectivity index (χ0v) is 57.7. The van der Waals surface area contributed by atoms with Crippen LogP contribution < -0.4 is 56.2 Å². The number of aliphatic hydroxyl groups is 4. The van der Waals surface area contributed by atoms with E-state index in [-0.39, 0.29) is 72.7 Å². The summed E-state index contributed by atoms with van der Waals surface area (Å²) in [5.41, 5.74) is -0.820. The Labute approximate surface area is 542 Å². The first-order valence-electron chi connectivity index (χ1n) is 30.8. The van der Waals surface area contributed by atoms with Crippen molar-refractivity contribution in [2.24, 2.45) is 28.2 Å². The number of hydrogen-bond acceptors (Lipinski definition) is 21. The van der Waals surface area contributed by atoms with Gasteiger partial charge in [0.15, 0.2) is 0 Å². The minimum absolute atomic E-state index is 0.0277. The van der Waals surface area contributed by atoms with Crippen molar-refractivity contribution in [3.8, 4) is 0 Å². The number of fused-ring (bicyclic) bond motifs is 1. The standard InChI is InChI=1S/C18H38O4Si2.C12H16N2O5.C8H12N2O4.C8H10N2O3.C8H10N2O2.C7H8N2O3/c1-12(2)23(13(3)4)19-11-18-17(10-16(9)20-18)21-24(22-23,14(5)6)15(7)8;1-2-3-7-5-14(12(18)13-11(7)17)10-4-8(16)9(6-15)19-10;1-10-3-5(2-6(12)4-11)7(13)9-8(10)14;1-10-3-5(2-6-4-13-6)7(11)9-8(10)12;1-3-4-6-5-10(2)8(12)9-7(6)11;1-9-4-5(2-3-10)6(11)8-7(9)12/h12-18H,10-11H2,1-9H3;2,5,8-10,15-16H,1,3-4,6H2,(H,13,17,18);3,6,11-12H,2,4H2,1H3,(H,9,13,14);3,6H,2,4H2,1H3,(H,9,11,12);3,5H,1,4H2,2H3,(H,9,11,12);3-4H,2H2,1H3,(H,8,11,12)/t16?,17-,18+;8-,9+,10?;;;;/m00..../s1. The number of allylic oxidation sites excluding steroid dienone is 2. The van der Waals surface area contributed by atoms with Gasteiger partial charge in [0, 0.05) is 119 Å². The van der Waals surface area contributed by atoms with Gasteiger partial charge in [-0.3, -0.25) is 53.5 Å². The van der Waals surface area contributed by atoms with E-state index in [4.69, 9.17) is 42.5 Å². The summed E-state index contributed by atoms with van der Waals surface area (Å²) in [5, 5.41) is 36.3. The van der Waals surface area contributed by atoms with Crippen LogP contribution in [0.3, 0.4) is 0 Å².